The van der Waals surface area contributed by atoms with Gasteiger partial charge >= 0.3 is 11.9 Å². The maximum Gasteiger partial charge on any atom is 0.305 e. The van der Waals surface area contributed by atoms with Gasteiger partial charge in [0.1, 0.15) is 6.29 Å². The predicted molar refractivity (Wildman–Crippen MR) is 90.2 cm³/mol. The van der Waals surface area contributed by atoms with Gasteiger partial charge in [0.2, 0.25) is 0 Å². The highest BCUT2D eigenvalue weighted by Gasteiger charge is 1.98. The van der Waals surface area contributed by atoms with Crippen molar-refractivity contribution in [2.24, 2.45) is 5.73 Å². The van der Waals surface area contributed by atoms with E-state index in [0.717, 1.165) is 25.5 Å². The number of methoxy groups -OCH3 is 1. The van der Waals surface area contributed by atoms with Crippen molar-refractivity contribution in [1.82, 2.24) is 0 Å². The van der Waals surface area contributed by atoms with E-state index >= 15 is 0 Å². The molecule has 0 rings (SSSR count). The molecule has 0 heterocycles. The molecule has 0 spiro atoms. The first-order chi connectivity index (χ1) is 11.1. The van der Waals surface area contributed by atoms with E-state index in [9.17, 15) is 14.4 Å². The average Bonchev–Trinajstić information content (AvgIpc) is 2.55. The highest BCUT2D eigenvalue weighted by atomic mass is 16.5. The van der Waals surface area contributed by atoms with Gasteiger partial charge in [0.15, 0.2) is 0 Å². The molecule has 3 N–H and O–H groups in total. The second-order valence-corrected chi connectivity index (χ2v) is 5.40. The number of ether oxygens (including phenoxy) is 1. The maximum atomic E-state index is 10.8. The number of esters is 1. The molecule has 0 aromatic rings. The van der Waals surface area contributed by atoms with Crippen LogP contribution in [0.25, 0.3) is 0 Å². The van der Waals surface area contributed by atoms with Crippen molar-refractivity contribution in [1.29, 1.82) is 0 Å². The minimum absolute atomic E-state index is 0.103. The highest BCUT2D eigenvalue weighted by molar-refractivity contribution is 5.69. The number of aldehydes is 1. The van der Waals surface area contributed by atoms with Gasteiger partial charge in [-0.3, -0.25) is 9.59 Å². The third kappa shape index (κ3) is 25.8. The number of unbranched alkanes of at least 4 members (excludes halogenated alkanes) is 8. The molecular formula is C17H33NO5. The summed E-state index contributed by atoms with van der Waals surface area (Å²) in [6, 6.07) is 0. The van der Waals surface area contributed by atoms with Crippen LogP contribution in [0.4, 0.5) is 0 Å². The summed E-state index contributed by atoms with van der Waals surface area (Å²) in [5.74, 6) is -0.876. The molecule has 23 heavy (non-hydrogen) atoms. The van der Waals surface area contributed by atoms with E-state index in [2.05, 4.69) is 4.74 Å². The summed E-state index contributed by atoms with van der Waals surface area (Å²) in [6.45, 7) is 0.465. The fourth-order valence-corrected chi connectivity index (χ4v) is 1.91. The molecular weight excluding hydrogens is 298 g/mol. The molecule has 0 amide bonds. The molecule has 0 bridgehead atoms. The Balaban J connectivity index is 0. The van der Waals surface area contributed by atoms with E-state index < -0.39 is 5.97 Å². The number of carbonyl (C=O) groups is 3. The Morgan fingerprint density at radius 3 is 1.83 bits per heavy atom. The van der Waals surface area contributed by atoms with Crippen molar-refractivity contribution in [3.63, 3.8) is 0 Å². The minimum Gasteiger partial charge on any atom is -0.481 e. The van der Waals surface area contributed by atoms with E-state index in [-0.39, 0.29) is 12.4 Å². The third-order valence-corrected chi connectivity index (χ3v) is 3.28. The Morgan fingerprint density at radius 2 is 1.43 bits per heavy atom. The van der Waals surface area contributed by atoms with Gasteiger partial charge in [-0.2, -0.15) is 0 Å². The fourth-order valence-electron chi connectivity index (χ4n) is 1.91. The van der Waals surface area contributed by atoms with Crippen molar-refractivity contribution in [2.75, 3.05) is 13.7 Å². The van der Waals surface area contributed by atoms with Gasteiger partial charge < -0.3 is 20.4 Å². The number of carboxylic acids is 1. The van der Waals surface area contributed by atoms with Gasteiger partial charge in [-0.1, -0.05) is 38.5 Å². The van der Waals surface area contributed by atoms with Crippen molar-refractivity contribution in [2.45, 2.75) is 77.0 Å². The zero-order chi connectivity index (χ0) is 17.8. The summed E-state index contributed by atoms with van der Waals surface area (Å²) in [5, 5.41) is 7.99. The van der Waals surface area contributed by atoms with E-state index in [4.69, 9.17) is 10.8 Å². The van der Waals surface area contributed by atoms with Crippen LogP contribution in [0.3, 0.4) is 0 Å². The lowest BCUT2D eigenvalue weighted by atomic mass is 10.1. The zero-order valence-corrected chi connectivity index (χ0v) is 14.4. The van der Waals surface area contributed by atoms with Crippen LogP contribution in [-0.4, -0.2) is 37.0 Å². The van der Waals surface area contributed by atoms with Gasteiger partial charge in [0, 0.05) is 19.3 Å². The summed E-state index contributed by atoms with van der Waals surface area (Å²) >= 11 is 0. The molecule has 0 fully saturated rings. The summed E-state index contributed by atoms with van der Waals surface area (Å²) in [4.78, 5) is 30.6. The fraction of sp³-hybridized carbons (Fsp3) is 0.824. The molecule has 0 saturated carbocycles. The molecule has 0 saturated heterocycles. The third-order valence-electron chi connectivity index (χ3n) is 3.28. The van der Waals surface area contributed by atoms with Crippen LogP contribution in [0.5, 0.6) is 0 Å². The van der Waals surface area contributed by atoms with Crippen LogP contribution in [0.2, 0.25) is 0 Å². The number of hydrogen-bond donors (Lipinski definition) is 2. The lowest BCUT2D eigenvalue weighted by molar-refractivity contribution is -0.141. The molecule has 0 aliphatic carbocycles. The monoisotopic (exact) mass is 331 g/mol. The zero-order valence-electron chi connectivity index (χ0n) is 14.4. The SMILES string of the molecule is COC(=O)CCCCCCCCCCC=O.NCCCC(=O)O. The lowest BCUT2D eigenvalue weighted by Gasteiger charge is -2.01. The Morgan fingerprint density at radius 1 is 0.913 bits per heavy atom. The number of rotatable bonds is 14. The van der Waals surface area contributed by atoms with E-state index in [1.807, 2.05) is 0 Å². The second kappa shape index (κ2) is 20.6. The normalized spacial score (nSPS) is 9.65. The van der Waals surface area contributed by atoms with Crippen LogP contribution < -0.4 is 5.73 Å². The molecule has 0 aromatic heterocycles. The van der Waals surface area contributed by atoms with Gasteiger partial charge in [-0.25, -0.2) is 0 Å². The number of carbonyl (C=O) groups excluding carboxylic acids is 2. The van der Waals surface area contributed by atoms with Gasteiger partial charge in [0.25, 0.3) is 0 Å². The molecule has 136 valence electrons. The van der Waals surface area contributed by atoms with Crippen molar-refractivity contribution in [3.05, 3.63) is 0 Å². The molecule has 0 atom stereocenters. The topological polar surface area (TPSA) is 107 Å². The van der Waals surface area contributed by atoms with E-state index in [1.54, 1.807) is 0 Å². The average molecular weight is 331 g/mol. The van der Waals surface area contributed by atoms with Gasteiger partial charge in [-0.05, 0) is 25.8 Å². The Labute approximate surface area is 139 Å². The molecule has 0 radical (unpaired) electrons. The lowest BCUT2D eigenvalue weighted by Crippen LogP contribution is -2.02. The van der Waals surface area contributed by atoms with E-state index in [0.29, 0.717) is 25.8 Å². The van der Waals surface area contributed by atoms with E-state index in [1.165, 1.54) is 39.2 Å². The van der Waals surface area contributed by atoms with Crippen LogP contribution in [0, 0.1) is 0 Å². The molecule has 0 aliphatic heterocycles. The number of carboxylic acid groups (broad SMARTS) is 1. The second-order valence-electron chi connectivity index (χ2n) is 5.40. The summed E-state index contributed by atoms with van der Waals surface area (Å²) < 4.78 is 4.57. The first-order valence-corrected chi connectivity index (χ1v) is 8.50. The molecule has 0 unspecified atom stereocenters. The minimum atomic E-state index is -0.773. The molecule has 6 nitrogen and oxygen atoms in total. The van der Waals surface area contributed by atoms with Crippen LogP contribution in [0.15, 0.2) is 0 Å². The standard InChI is InChI=1S/C13H24O3.C4H9NO2/c1-16-13(15)11-9-7-5-3-2-4-6-8-10-12-14;5-3-1-2-4(6)7/h12H,2-11H2,1H3;1-3,5H2,(H,6,7). The predicted octanol–water partition coefficient (Wildman–Crippen LogP) is 3.07. The van der Waals surface area contributed by atoms with Crippen molar-refractivity contribution < 1.29 is 24.2 Å². The summed E-state index contributed by atoms with van der Waals surface area (Å²) in [7, 11) is 1.43. The molecule has 0 aliphatic rings. The Hall–Kier alpha value is -1.43. The number of nitrogens with two attached hydrogens (primary N) is 1. The van der Waals surface area contributed by atoms with Gasteiger partial charge in [0.05, 0.1) is 7.11 Å². The van der Waals surface area contributed by atoms with Crippen molar-refractivity contribution in [3.8, 4) is 0 Å². The number of aliphatic carboxylic acids is 1. The van der Waals surface area contributed by atoms with Crippen LogP contribution >= 0.6 is 0 Å². The maximum absolute atomic E-state index is 10.8. The van der Waals surface area contributed by atoms with Crippen LogP contribution in [-0.2, 0) is 19.1 Å². The first kappa shape index (κ1) is 23.8. The summed E-state index contributed by atoms with van der Waals surface area (Å²) in [5.41, 5.74) is 5.01. The quantitative estimate of drug-likeness (QED) is 0.288. The van der Waals surface area contributed by atoms with Crippen LogP contribution in [0.1, 0.15) is 77.0 Å². The molecule has 0 aromatic carbocycles. The molecule has 6 heteroatoms. The smallest absolute Gasteiger partial charge is 0.305 e. The largest absolute Gasteiger partial charge is 0.481 e. The highest BCUT2D eigenvalue weighted by Crippen LogP contribution is 2.10. The number of hydrogen-bond acceptors (Lipinski definition) is 5. The Bertz CT molecular complexity index is 295. The first-order valence-electron chi connectivity index (χ1n) is 8.50. The Kier molecular flexibility index (Phi) is 21.3. The van der Waals surface area contributed by atoms with Gasteiger partial charge in [-0.15, -0.1) is 0 Å². The summed E-state index contributed by atoms with van der Waals surface area (Å²) in [6.07, 6.45) is 12.2. The van der Waals surface area contributed by atoms with Crippen molar-refractivity contribution >= 4 is 18.2 Å².